The van der Waals surface area contributed by atoms with Crippen molar-refractivity contribution in [3.05, 3.63) is 71.3 Å². The Morgan fingerprint density at radius 1 is 0.667 bits per heavy atom. The van der Waals surface area contributed by atoms with E-state index >= 15 is 0 Å². The van der Waals surface area contributed by atoms with Crippen LogP contribution in [0.5, 0.6) is 0 Å². The number of rotatable bonds is 7. The number of piperidine rings is 1. The molecule has 0 radical (unpaired) electrons. The van der Waals surface area contributed by atoms with Crippen LogP contribution < -0.4 is 5.32 Å². The van der Waals surface area contributed by atoms with Crippen molar-refractivity contribution >= 4 is 0 Å². The van der Waals surface area contributed by atoms with Crippen molar-refractivity contribution in [2.45, 2.75) is 138 Å². The molecule has 2 atom stereocenters. The van der Waals surface area contributed by atoms with Crippen LogP contribution in [0.15, 0.2) is 54.6 Å². The van der Waals surface area contributed by atoms with E-state index in [1.807, 2.05) is 0 Å². The van der Waals surface area contributed by atoms with Gasteiger partial charge in [0.25, 0.3) is 0 Å². The van der Waals surface area contributed by atoms with Crippen molar-refractivity contribution in [1.82, 2.24) is 10.2 Å². The van der Waals surface area contributed by atoms with E-state index in [-0.39, 0.29) is 0 Å². The Morgan fingerprint density at radius 3 is 1.83 bits per heavy atom. The third kappa shape index (κ3) is 15.1. The second-order valence-corrected chi connectivity index (χ2v) is 16.6. The summed E-state index contributed by atoms with van der Waals surface area (Å²) in [6, 6.07) is 19.8. The maximum Gasteiger partial charge on any atom is 0.0722 e. The summed E-state index contributed by atoms with van der Waals surface area (Å²) >= 11 is 0. The summed E-state index contributed by atoms with van der Waals surface area (Å²) in [6.07, 6.45) is 15.9. The summed E-state index contributed by atoms with van der Waals surface area (Å²) in [5.41, 5.74) is 4.68. The monoisotopic (exact) mass is 661 g/mol. The molecular weight excluding hydrogens is 585 g/mol. The SMILES string of the molecule is CC(C)C1CCCCC1.CC(C)C1CCCc2ccccc21.CC(C)C1CCN(CCc2ccccc2)CC1.CC(C)C1CNCCO1. The number of hydrogen-bond acceptors (Lipinski definition) is 3. The molecule has 3 nitrogen and oxygen atoms in total. The van der Waals surface area contributed by atoms with Gasteiger partial charge < -0.3 is 15.0 Å². The minimum atomic E-state index is 0.443. The molecule has 2 heterocycles. The second kappa shape index (κ2) is 22.9. The van der Waals surface area contributed by atoms with Crippen LogP contribution in [0.1, 0.15) is 136 Å². The molecule has 2 aliphatic carbocycles. The third-order valence-electron chi connectivity index (χ3n) is 11.6. The molecule has 272 valence electrons. The van der Waals surface area contributed by atoms with Crippen LogP contribution in [0.2, 0.25) is 0 Å². The van der Waals surface area contributed by atoms with Gasteiger partial charge in [-0.15, -0.1) is 0 Å². The zero-order chi connectivity index (χ0) is 34.7. The first-order chi connectivity index (χ1) is 23.2. The summed E-state index contributed by atoms with van der Waals surface area (Å²) in [6.45, 7) is 25.3. The topological polar surface area (TPSA) is 24.5 Å². The van der Waals surface area contributed by atoms with Gasteiger partial charge in [0.05, 0.1) is 12.7 Å². The van der Waals surface area contributed by atoms with Crippen LogP contribution in [0.4, 0.5) is 0 Å². The lowest BCUT2D eigenvalue weighted by Crippen LogP contribution is -2.41. The van der Waals surface area contributed by atoms with Gasteiger partial charge in [-0.1, -0.05) is 142 Å². The first kappa shape index (κ1) is 40.7. The molecular formula is C45H76N2O. The average molecular weight is 661 g/mol. The van der Waals surface area contributed by atoms with Gasteiger partial charge >= 0.3 is 0 Å². The first-order valence-corrected chi connectivity index (χ1v) is 20.3. The number of hydrogen-bond donors (Lipinski definition) is 1. The minimum absolute atomic E-state index is 0.443. The van der Waals surface area contributed by atoms with E-state index in [4.69, 9.17) is 4.74 Å². The van der Waals surface area contributed by atoms with Crippen molar-refractivity contribution < 1.29 is 4.74 Å². The van der Waals surface area contributed by atoms with E-state index in [0.717, 1.165) is 55.2 Å². The molecule has 0 aromatic heterocycles. The Morgan fingerprint density at radius 2 is 1.29 bits per heavy atom. The number of nitrogens with zero attached hydrogens (tertiary/aromatic N) is 1. The fraction of sp³-hybridized carbons (Fsp3) is 0.733. The average Bonchev–Trinajstić information content (AvgIpc) is 3.12. The van der Waals surface area contributed by atoms with Gasteiger partial charge in [0.2, 0.25) is 0 Å². The lowest BCUT2D eigenvalue weighted by atomic mass is 9.77. The third-order valence-corrected chi connectivity index (χ3v) is 11.6. The van der Waals surface area contributed by atoms with Crippen molar-refractivity contribution in [2.24, 2.45) is 35.5 Å². The van der Waals surface area contributed by atoms with Crippen LogP contribution in [0.3, 0.4) is 0 Å². The first-order valence-electron chi connectivity index (χ1n) is 20.3. The van der Waals surface area contributed by atoms with Crippen molar-refractivity contribution in [2.75, 3.05) is 39.3 Å². The normalized spacial score (nSPS) is 22.2. The number of likely N-dealkylation sites (tertiary alicyclic amines) is 1. The molecule has 1 N–H and O–H groups in total. The van der Waals surface area contributed by atoms with Gasteiger partial charge in [0.1, 0.15) is 0 Å². The van der Waals surface area contributed by atoms with Crippen molar-refractivity contribution in [1.29, 1.82) is 0 Å². The quantitative estimate of drug-likeness (QED) is 0.320. The van der Waals surface area contributed by atoms with Crippen LogP contribution in [0.25, 0.3) is 0 Å². The largest absolute Gasteiger partial charge is 0.375 e. The molecule has 2 saturated heterocycles. The number of nitrogens with one attached hydrogen (secondary N) is 1. The highest BCUT2D eigenvalue weighted by Crippen LogP contribution is 2.36. The van der Waals surface area contributed by atoms with E-state index in [1.165, 1.54) is 95.8 Å². The standard InChI is InChI=1S/C16H25N.C13H18.C9H18.C7H15NO/c1-14(2)16-9-12-17(13-10-16)11-8-15-6-4-3-5-7-15;1-10(2)12-9-5-7-11-6-3-4-8-13(11)12;1-8(2)9-6-4-3-5-7-9;1-6(2)7-5-8-3-4-9-7/h3-7,14,16H,8-13H2,1-2H3;3-4,6,8,10,12H,5,7,9H2,1-2H3;8-9H,3-7H2,1-2H3;6-8H,3-5H2,1-2H3. The lowest BCUT2D eigenvalue weighted by molar-refractivity contribution is 0.000507. The van der Waals surface area contributed by atoms with E-state index in [9.17, 15) is 0 Å². The van der Waals surface area contributed by atoms with Gasteiger partial charge in [0.15, 0.2) is 0 Å². The zero-order valence-corrected chi connectivity index (χ0v) is 32.7. The number of fused-ring (bicyclic) bond motifs is 1. The predicted octanol–water partition coefficient (Wildman–Crippen LogP) is 11.2. The molecule has 48 heavy (non-hydrogen) atoms. The van der Waals surface area contributed by atoms with Gasteiger partial charge in [-0.05, 0) is 110 Å². The lowest BCUT2D eigenvalue weighted by Gasteiger charge is -2.33. The fourth-order valence-electron chi connectivity index (χ4n) is 8.07. The van der Waals surface area contributed by atoms with E-state index in [0.29, 0.717) is 12.0 Å². The Hall–Kier alpha value is -1.68. The van der Waals surface area contributed by atoms with Crippen LogP contribution in [-0.4, -0.2) is 50.3 Å². The molecule has 3 fully saturated rings. The molecule has 4 aliphatic rings. The molecule has 2 aromatic rings. The molecule has 2 aliphatic heterocycles. The number of aryl methyl sites for hydroxylation is 1. The summed E-state index contributed by atoms with van der Waals surface area (Å²) < 4.78 is 5.48. The molecule has 0 spiro atoms. The van der Waals surface area contributed by atoms with Crippen molar-refractivity contribution in [3.63, 3.8) is 0 Å². The maximum absolute atomic E-state index is 5.48. The molecule has 0 amide bonds. The summed E-state index contributed by atoms with van der Waals surface area (Å²) in [7, 11) is 0. The minimum Gasteiger partial charge on any atom is -0.375 e. The second-order valence-electron chi connectivity index (χ2n) is 16.6. The fourth-order valence-corrected chi connectivity index (χ4v) is 8.07. The Balaban J connectivity index is 0.000000180. The van der Waals surface area contributed by atoms with Gasteiger partial charge in [0, 0.05) is 19.6 Å². The molecule has 2 unspecified atom stereocenters. The Labute approximate surface area is 298 Å². The van der Waals surface area contributed by atoms with E-state index in [2.05, 4.69) is 120 Å². The summed E-state index contributed by atoms with van der Waals surface area (Å²) in [4.78, 5) is 2.63. The van der Waals surface area contributed by atoms with Crippen LogP contribution in [0, 0.1) is 35.5 Å². The number of ether oxygens (including phenoxy) is 1. The zero-order valence-electron chi connectivity index (χ0n) is 32.7. The maximum atomic E-state index is 5.48. The predicted molar refractivity (Wildman–Crippen MR) is 210 cm³/mol. The van der Waals surface area contributed by atoms with Gasteiger partial charge in [-0.2, -0.15) is 0 Å². The molecule has 0 bridgehead atoms. The molecule has 1 saturated carbocycles. The van der Waals surface area contributed by atoms with Crippen LogP contribution >= 0.6 is 0 Å². The highest BCUT2D eigenvalue weighted by molar-refractivity contribution is 5.32. The highest BCUT2D eigenvalue weighted by atomic mass is 16.5. The number of benzene rings is 2. The van der Waals surface area contributed by atoms with E-state index < -0.39 is 0 Å². The molecule has 2 aromatic carbocycles. The Kier molecular flexibility index (Phi) is 19.5. The number of morpholine rings is 1. The van der Waals surface area contributed by atoms with Crippen molar-refractivity contribution in [3.8, 4) is 0 Å². The van der Waals surface area contributed by atoms with Gasteiger partial charge in [-0.3, -0.25) is 0 Å². The summed E-state index contributed by atoms with van der Waals surface area (Å²) in [5.74, 6) is 6.07. The van der Waals surface area contributed by atoms with Crippen LogP contribution in [-0.2, 0) is 17.6 Å². The molecule has 3 heteroatoms. The summed E-state index contributed by atoms with van der Waals surface area (Å²) in [5, 5.41) is 3.29. The smallest absolute Gasteiger partial charge is 0.0722 e. The van der Waals surface area contributed by atoms with E-state index in [1.54, 1.807) is 11.1 Å². The Bertz CT molecular complexity index is 1040. The highest BCUT2D eigenvalue weighted by Gasteiger charge is 2.23. The van der Waals surface area contributed by atoms with Gasteiger partial charge in [-0.25, -0.2) is 0 Å². The molecule has 6 rings (SSSR count).